The molecule has 1 amide bonds. The van der Waals surface area contributed by atoms with Crippen molar-refractivity contribution in [3.8, 4) is 11.5 Å². The summed E-state index contributed by atoms with van der Waals surface area (Å²) in [6, 6.07) is 4.23. The molecule has 0 saturated heterocycles. The van der Waals surface area contributed by atoms with E-state index in [4.69, 9.17) is 15.2 Å². The van der Waals surface area contributed by atoms with Gasteiger partial charge in [0.1, 0.15) is 0 Å². The number of primary amides is 1. The molecule has 0 fully saturated rings. The van der Waals surface area contributed by atoms with Crippen molar-refractivity contribution in [2.45, 2.75) is 66.8 Å². The van der Waals surface area contributed by atoms with Crippen molar-refractivity contribution in [1.82, 2.24) is 0 Å². The van der Waals surface area contributed by atoms with Gasteiger partial charge in [0.2, 0.25) is 0 Å². The standard InChI is InChI=1S/C21H32N2O5.ClH/c1-7-20(3,4)18(25)27-15-10-9-13(11-14(22)17(23)24)12-16(15)28-19(26)21(5,6)8-2;/h9-10,12,14H,7-8,11,22H2,1-6H3,(H2,23,24);1H/t14-;/m0./s1. The molecule has 0 radical (unpaired) electrons. The molecule has 1 rings (SSSR count). The quantitative estimate of drug-likeness (QED) is 0.386. The molecule has 0 spiro atoms. The van der Waals surface area contributed by atoms with E-state index in [1.165, 1.54) is 0 Å². The van der Waals surface area contributed by atoms with E-state index in [9.17, 15) is 14.4 Å². The van der Waals surface area contributed by atoms with Crippen LogP contribution in [0, 0.1) is 10.8 Å². The number of rotatable bonds is 9. The average molecular weight is 429 g/mol. The van der Waals surface area contributed by atoms with E-state index in [-0.39, 0.29) is 30.3 Å². The van der Waals surface area contributed by atoms with Crippen molar-refractivity contribution in [2.24, 2.45) is 16.6 Å². The van der Waals surface area contributed by atoms with Crippen LogP contribution < -0.4 is 33.3 Å². The molecule has 7 nitrogen and oxygen atoms in total. The Morgan fingerprint density at radius 3 is 1.83 bits per heavy atom. The molecule has 8 heteroatoms. The predicted octanol–water partition coefficient (Wildman–Crippen LogP) is -0.988. The highest BCUT2D eigenvalue weighted by atomic mass is 35.5. The molecule has 0 aliphatic carbocycles. The van der Waals surface area contributed by atoms with Crippen molar-refractivity contribution in [2.75, 3.05) is 0 Å². The van der Waals surface area contributed by atoms with Gasteiger partial charge in [-0.05, 0) is 58.2 Å². The first kappa shape index (κ1) is 26.9. The molecule has 0 unspecified atom stereocenters. The van der Waals surface area contributed by atoms with Crippen LogP contribution in [0.15, 0.2) is 18.2 Å². The summed E-state index contributed by atoms with van der Waals surface area (Å²) >= 11 is 0. The Labute approximate surface area is 178 Å². The highest BCUT2D eigenvalue weighted by Gasteiger charge is 2.31. The molecule has 29 heavy (non-hydrogen) atoms. The minimum absolute atomic E-state index is 0. The number of carbonyl (C=O) groups excluding carboxylic acids is 3. The smallest absolute Gasteiger partial charge is 0.317 e. The van der Waals surface area contributed by atoms with Crippen LogP contribution in [0.3, 0.4) is 0 Å². The van der Waals surface area contributed by atoms with E-state index < -0.39 is 34.7 Å². The maximum absolute atomic E-state index is 12.5. The molecule has 0 aliphatic rings. The average Bonchev–Trinajstić information content (AvgIpc) is 2.63. The zero-order valence-electron chi connectivity index (χ0n) is 18.1. The molecule has 164 valence electrons. The predicted molar refractivity (Wildman–Crippen MR) is 105 cm³/mol. The van der Waals surface area contributed by atoms with Crippen LogP contribution in [0.25, 0.3) is 0 Å². The zero-order chi connectivity index (χ0) is 21.7. The van der Waals surface area contributed by atoms with Crippen LogP contribution in [0.4, 0.5) is 0 Å². The largest absolute Gasteiger partial charge is 1.00 e. The SMILES string of the molecule is CCC(C)(C)C(=O)Oc1ccc(C[C@H]([NH3+])C(N)=O)cc1OC(=O)C(C)(C)CC.[Cl-]. The van der Waals surface area contributed by atoms with Crippen LogP contribution in [0.2, 0.25) is 0 Å². The summed E-state index contributed by atoms with van der Waals surface area (Å²) in [7, 11) is 0. The molecule has 0 heterocycles. The maximum Gasteiger partial charge on any atom is 0.317 e. The lowest BCUT2D eigenvalue weighted by atomic mass is 9.90. The summed E-state index contributed by atoms with van der Waals surface area (Å²) in [6.07, 6.45) is 1.47. The van der Waals surface area contributed by atoms with Crippen molar-refractivity contribution < 1.29 is 42.0 Å². The fraction of sp³-hybridized carbons (Fsp3) is 0.571. The Kier molecular flexibility index (Phi) is 9.82. The van der Waals surface area contributed by atoms with E-state index in [1.807, 2.05) is 13.8 Å². The Morgan fingerprint density at radius 1 is 0.966 bits per heavy atom. The van der Waals surface area contributed by atoms with E-state index in [1.54, 1.807) is 45.9 Å². The van der Waals surface area contributed by atoms with Crippen LogP contribution in [0.5, 0.6) is 11.5 Å². The summed E-state index contributed by atoms with van der Waals surface area (Å²) in [5.41, 5.74) is 8.34. The lowest BCUT2D eigenvalue weighted by Crippen LogP contribution is -3.00. The van der Waals surface area contributed by atoms with Crippen LogP contribution in [0.1, 0.15) is 59.9 Å². The summed E-state index contributed by atoms with van der Waals surface area (Å²) in [5.74, 6) is -1.07. The van der Waals surface area contributed by atoms with Gasteiger partial charge in [-0.25, -0.2) is 0 Å². The zero-order valence-corrected chi connectivity index (χ0v) is 18.9. The monoisotopic (exact) mass is 428 g/mol. The molecular weight excluding hydrogens is 396 g/mol. The number of benzene rings is 1. The molecule has 0 bridgehead atoms. The van der Waals surface area contributed by atoms with E-state index in [0.29, 0.717) is 18.4 Å². The second-order valence-corrected chi connectivity index (χ2v) is 8.34. The van der Waals surface area contributed by atoms with E-state index in [2.05, 4.69) is 5.73 Å². The minimum atomic E-state index is -0.692. The minimum Gasteiger partial charge on any atom is -1.00 e. The summed E-state index contributed by atoms with van der Waals surface area (Å²) < 4.78 is 11.1. The Balaban J connectivity index is 0.00000784. The molecule has 1 atom stereocenters. The van der Waals surface area contributed by atoms with Crippen molar-refractivity contribution in [3.63, 3.8) is 0 Å². The molecular formula is C21H33ClN2O5. The van der Waals surface area contributed by atoms with Crippen molar-refractivity contribution >= 4 is 17.8 Å². The number of ether oxygens (including phenoxy) is 2. The number of nitrogens with two attached hydrogens (primary N) is 1. The van der Waals surface area contributed by atoms with Gasteiger partial charge in [-0.1, -0.05) is 19.9 Å². The number of amides is 1. The summed E-state index contributed by atoms with van der Waals surface area (Å²) in [4.78, 5) is 36.3. The number of carbonyl (C=O) groups is 3. The van der Waals surface area contributed by atoms with Crippen molar-refractivity contribution in [3.05, 3.63) is 23.8 Å². The Morgan fingerprint density at radius 2 is 1.41 bits per heavy atom. The third-order valence-corrected chi connectivity index (χ3v) is 5.17. The van der Waals surface area contributed by atoms with Crippen LogP contribution in [-0.2, 0) is 20.8 Å². The molecule has 1 aromatic carbocycles. The first-order valence-corrected chi connectivity index (χ1v) is 9.54. The van der Waals surface area contributed by atoms with Crippen molar-refractivity contribution in [1.29, 1.82) is 0 Å². The Bertz CT molecular complexity index is 747. The molecule has 0 aliphatic heterocycles. The van der Waals surface area contributed by atoms with Gasteiger partial charge in [-0.3, -0.25) is 14.4 Å². The number of halogens is 1. The number of esters is 2. The van der Waals surface area contributed by atoms with Gasteiger partial charge in [0.15, 0.2) is 17.5 Å². The lowest BCUT2D eigenvalue weighted by molar-refractivity contribution is -0.402. The van der Waals surface area contributed by atoms with Gasteiger partial charge in [0, 0.05) is 6.42 Å². The highest BCUT2D eigenvalue weighted by Crippen LogP contribution is 2.34. The molecule has 1 aromatic rings. The van der Waals surface area contributed by atoms with Gasteiger partial charge in [0.05, 0.1) is 10.8 Å². The maximum atomic E-state index is 12.5. The molecule has 5 N–H and O–H groups in total. The number of quaternary nitrogens is 1. The van der Waals surface area contributed by atoms with Gasteiger partial charge in [0.25, 0.3) is 5.91 Å². The first-order valence-electron chi connectivity index (χ1n) is 9.54. The summed E-state index contributed by atoms with van der Waals surface area (Å²) in [6.45, 7) is 10.9. The highest BCUT2D eigenvalue weighted by molar-refractivity contribution is 5.82. The molecule has 0 aromatic heterocycles. The van der Waals surface area contributed by atoms with E-state index in [0.717, 1.165) is 0 Å². The second-order valence-electron chi connectivity index (χ2n) is 8.34. The Hall–Kier alpha value is -2.12. The van der Waals surface area contributed by atoms with Gasteiger partial charge >= 0.3 is 11.9 Å². The fourth-order valence-electron chi connectivity index (χ4n) is 1.99. The van der Waals surface area contributed by atoms with Gasteiger partial charge in [-0.15, -0.1) is 0 Å². The number of hydrogen-bond donors (Lipinski definition) is 2. The van der Waals surface area contributed by atoms with Gasteiger partial charge in [-0.2, -0.15) is 0 Å². The van der Waals surface area contributed by atoms with Gasteiger partial charge < -0.3 is 33.3 Å². The topological polar surface area (TPSA) is 123 Å². The third kappa shape index (κ3) is 7.33. The normalized spacial score (nSPS) is 12.5. The first-order chi connectivity index (χ1) is 12.8. The van der Waals surface area contributed by atoms with E-state index >= 15 is 0 Å². The van der Waals surface area contributed by atoms with Crippen LogP contribution in [-0.4, -0.2) is 23.9 Å². The number of hydrogen-bond acceptors (Lipinski definition) is 5. The second kappa shape index (κ2) is 10.6. The third-order valence-electron chi connectivity index (χ3n) is 5.17. The summed E-state index contributed by atoms with van der Waals surface area (Å²) in [5, 5.41) is 0. The van der Waals surface area contributed by atoms with Crippen LogP contribution >= 0.6 is 0 Å². The molecule has 0 saturated carbocycles. The fourth-order valence-corrected chi connectivity index (χ4v) is 1.99. The lowest BCUT2D eigenvalue weighted by Gasteiger charge is -2.23.